The summed E-state index contributed by atoms with van der Waals surface area (Å²) in [6.45, 7) is 8.91. The zero-order chi connectivity index (χ0) is 13.2. The number of hydrogen-bond donors (Lipinski definition) is 0. The minimum atomic E-state index is 0.0464. The quantitative estimate of drug-likeness (QED) is 0.745. The van der Waals surface area contributed by atoms with E-state index in [9.17, 15) is 4.79 Å². The van der Waals surface area contributed by atoms with Crippen LogP contribution < -0.4 is 0 Å². The fourth-order valence-electron chi connectivity index (χ4n) is 2.45. The number of nitrogens with zero attached hydrogens (tertiary/aromatic N) is 1. The molecule has 0 bridgehead atoms. The van der Waals surface area contributed by atoms with Crippen molar-refractivity contribution in [2.75, 3.05) is 20.6 Å². The number of hydrogen-bond acceptors (Lipinski definition) is 2. The summed E-state index contributed by atoms with van der Waals surface area (Å²) in [5.74, 6) is 0.304. The molecule has 0 aliphatic rings. The Morgan fingerprint density at radius 2 is 1.65 bits per heavy atom. The van der Waals surface area contributed by atoms with E-state index in [4.69, 9.17) is 0 Å². The second-order valence-corrected chi connectivity index (χ2v) is 5.30. The molecule has 0 saturated carbocycles. The van der Waals surface area contributed by atoms with Crippen LogP contribution in [-0.4, -0.2) is 31.3 Å². The molecule has 1 atom stereocenters. The average Bonchev–Trinajstić information content (AvgIpc) is 2.14. The smallest absolute Gasteiger partial charge is 0.167 e. The molecule has 2 heteroatoms. The summed E-state index contributed by atoms with van der Waals surface area (Å²) in [6, 6.07) is 4.17. The van der Waals surface area contributed by atoms with Gasteiger partial charge in [-0.15, -0.1) is 0 Å². The van der Waals surface area contributed by atoms with Gasteiger partial charge in [-0.1, -0.05) is 24.6 Å². The predicted molar refractivity (Wildman–Crippen MR) is 72.7 cm³/mol. The Morgan fingerprint density at radius 1 is 1.18 bits per heavy atom. The second-order valence-electron chi connectivity index (χ2n) is 5.30. The summed E-state index contributed by atoms with van der Waals surface area (Å²) >= 11 is 0. The number of benzene rings is 1. The first-order chi connectivity index (χ1) is 7.82. The Bertz CT molecular complexity index is 398. The van der Waals surface area contributed by atoms with Crippen molar-refractivity contribution in [2.24, 2.45) is 5.92 Å². The highest BCUT2D eigenvalue weighted by Crippen LogP contribution is 2.20. The zero-order valence-electron chi connectivity index (χ0n) is 11.8. The monoisotopic (exact) mass is 233 g/mol. The SMILES string of the molecule is Cc1cc(C)c(C(=O)C(C)CN(C)C)c(C)c1. The number of carbonyl (C=O) groups excluding carboxylic acids is 1. The van der Waals surface area contributed by atoms with Gasteiger partial charge >= 0.3 is 0 Å². The summed E-state index contributed by atoms with van der Waals surface area (Å²) < 4.78 is 0. The first-order valence-corrected chi connectivity index (χ1v) is 6.09. The molecule has 0 aliphatic carbocycles. The van der Waals surface area contributed by atoms with E-state index in [2.05, 4.69) is 24.0 Å². The lowest BCUT2D eigenvalue weighted by Gasteiger charge is -2.18. The van der Waals surface area contributed by atoms with Crippen molar-refractivity contribution in [3.8, 4) is 0 Å². The molecule has 94 valence electrons. The van der Waals surface area contributed by atoms with Gasteiger partial charge in [-0.05, 0) is 46.0 Å². The number of ketones is 1. The molecule has 0 saturated heterocycles. The van der Waals surface area contributed by atoms with Gasteiger partial charge in [0.1, 0.15) is 0 Å². The summed E-state index contributed by atoms with van der Waals surface area (Å²) in [7, 11) is 4.00. The molecule has 0 aliphatic heterocycles. The highest BCUT2D eigenvalue weighted by Gasteiger charge is 2.19. The molecule has 0 amide bonds. The maximum atomic E-state index is 12.4. The second kappa shape index (κ2) is 5.46. The number of rotatable bonds is 4. The highest BCUT2D eigenvalue weighted by molar-refractivity contribution is 6.00. The van der Waals surface area contributed by atoms with Crippen LogP contribution in [0.2, 0.25) is 0 Å². The van der Waals surface area contributed by atoms with E-state index in [-0.39, 0.29) is 11.7 Å². The van der Waals surface area contributed by atoms with Gasteiger partial charge in [0.2, 0.25) is 0 Å². The predicted octanol–water partition coefficient (Wildman–Crippen LogP) is 2.99. The van der Waals surface area contributed by atoms with Crippen LogP contribution in [0.5, 0.6) is 0 Å². The van der Waals surface area contributed by atoms with Gasteiger partial charge in [-0.3, -0.25) is 4.79 Å². The third-order valence-electron chi connectivity index (χ3n) is 3.01. The van der Waals surface area contributed by atoms with E-state index < -0.39 is 0 Å². The van der Waals surface area contributed by atoms with E-state index in [1.807, 2.05) is 34.9 Å². The van der Waals surface area contributed by atoms with Crippen molar-refractivity contribution < 1.29 is 4.79 Å². The molecule has 0 spiro atoms. The lowest BCUT2D eigenvalue weighted by atomic mass is 9.90. The Labute approximate surface area is 105 Å². The molecule has 17 heavy (non-hydrogen) atoms. The lowest BCUT2D eigenvalue weighted by Crippen LogP contribution is -2.26. The molecule has 0 aromatic heterocycles. The standard InChI is InChI=1S/C15H23NO/c1-10-7-11(2)14(12(3)8-10)15(17)13(4)9-16(5)6/h7-8,13H,9H2,1-6H3. The van der Waals surface area contributed by atoms with Crippen LogP contribution in [0.25, 0.3) is 0 Å². The third-order valence-corrected chi connectivity index (χ3v) is 3.01. The Hall–Kier alpha value is -1.15. The zero-order valence-corrected chi connectivity index (χ0v) is 11.8. The molecule has 2 nitrogen and oxygen atoms in total. The minimum Gasteiger partial charge on any atom is -0.309 e. The number of carbonyl (C=O) groups is 1. The molecule has 1 aromatic carbocycles. The van der Waals surface area contributed by atoms with Crippen LogP contribution in [0.15, 0.2) is 12.1 Å². The van der Waals surface area contributed by atoms with Crippen molar-refractivity contribution in [1.82, 2.24) is 4.90 Å². The van der Waals surface area contributed by atoms with Crippen molar-refractivity contribution >= 4 is 5.78 Å². The Balaban J connectivity index is 3.04. The average molecular weight is 233 g/mol. The number of Topliss-reactive ketones (excluding diaryl/α,β-unsaturated/α-hetero) is 1. The Kier molecular flexibility index (Phi) is 4.47. The van der Waals surface area contributed by atoms with Crippen LogP contribution in [-0.2, 0) is 0 Å². The molecule has 0 heterocycles. The van der Waals surface area contributed by atoms with E-state index in [1.165, 1.54) is 5.56 Å². The van der Waals surface area contributed by atoms with Crippen molar-refractivity contribution in [1.29, 1.82) is 0 Å². The summed E-state index contributed by atoms with van der Waals surface area (Å²) in [6.07, 6.45) is 0. The fraction of sp³-hybridized carbons (Fsp3) is 0.533. The number of aryl methyl sites for hydroxylation is 3. The minimum absolute atomic E-state index is 0.0464. The van der Waals surface area contributed by atoms with Gasteiger partial charge in [-0.2, -0.15) is 0 Å². The summed E-state index contributed by atoms with van der Waals surface area (Å²) in [5.41, 5.74) is 4.32. The molecule has 0 radical (unpaired) electrons. The van der Waals surface area contributed by atoms with Crippen molar-refractivity contribution in [2.45, 2.75) is 27.7 Å². The molecule has 0 N–H and O–H groups in total. The van der Waals surface area contributed by atoms with Crippen LogP contribution in [0, 0.1) is 26.7 Å². The van der Waals surface area contributed by atoms with Crippen molar-refractivity contribution in [3.63, 3.8) is 0 Å². The van der Waals surface area contributed by atoms with E-state index >= 15 is 0 Å². The fourth-order valence-corrected chi connectivity index (χ4v) is 2.45. The lowest BCUT2D eigenvalue weighted by molar-refractivity contribution is 0.0908. The van der Waals surface area contributed by atoms with Crippen LogP contribution in [0.1, 0.15) is 34.0 Å². The largest absolute Gasteiger partial charge is 0.309 e. The molecule has 1 aromatic rings. The van der Waals surface area contributed by atoms with Gasteiger partial charge in [0.05, 0.1) is 0 Å². The van der Waals surface area contributed by atoms with Gasteiger partial charge in [0.25, 0.3) is 0 Å². The summed E-state index contributed by atoms with van der Waals surface area (Å²) in [5, 5.41) is 0. The highest BCUT2D eigenvalue weighted by atomic mass is 16.1. The first-order valence-electron chi connectivity index (χ1n) is 6.09. The van der Waals surface area contributed by atoms with Gasteiger partial charge in [-0.25, -0.2) is 0 Å². The van der Waals surface area contributed by atoms with Gasteiger partial charge < -0.3 is 4.90 Å². The van der Waals surface area contributed by atoms with Gasteiger partial charge in [0, 0.05) is 18.0 Å². The van der Waals surface area contributed by atoms with Crippen LogP contribution >= 0.6 is 0 Å². The molecule has 0 fully saturated rings. The van der Waals surface area contributed by atoms with Crippen LogP contribution in [0.3, 0.4) is 0 Å². The van der Waals surface area contributed by atoms with Crippen molar-refractivity contribution in [3.05, 3.63) is 34.4 Å². The topological polar surface area (TPSA) is 20.3 Å². The van der Waals surface area contributed by atoms with Gasteiger partial charge in [0.15, 0.2) is 5.78 Å². The van der Waals surface area contributed by atoms with E-state index in [1.54, 1.807) is 0 Å². The molecular weight excluding hydrogens is 210 g/mol. The van der Waals surface area contributed by atoms with E-state index in [0.717, 1.165) is 23.2 Å². The normalized spacial score (nSPS) is 12.9. The molecular formula is C15H23NO. The van der Waals surface area contributed by atoms with E-state index in [0.29, 0.717) is 0 Å². The van der Waals surface area contributed by atoms with Crippen LogP contribution in [0.4, 0.5) is 0 Å². The maximum Gasteiger partial charge on any atom is 0.167 e. The maximum absolute atomic E-state index is 12.4. The molecule has 1 unspecified atom stereocenters. The Morgan fingerprint density at radius 3 is 2.06 bits per heavy atom. The molecule has 1 rings (SSSR count). The summed E-state index contributed by atoms with van der Waals surface area (Å²) in [4.78, 5) is 14.5. The third kappa shape index (κ3) is 3.40. The first kappa shape index (κ1) is 13.9.